The zero-order valence-corrected chi connectivity index (χ0v) is 11.9. The Labute approximate surface area is 114 Å². The largest absolute Gasteiger partial charge is 0.481 e. The molecule has 0 aliphatic rings. The minimum absolute atomic E-state index is 0.134. The summed E-state index contributed by atoms with van der Waals surface area (Å²) in [4.78, 5) is 11.7. The Hall–Kier alpha value is -1.55. The van der Waals surface area contributed by atoms with Gasteiger partial charge in [-0.1, -0.05) is 26.0 Å². The van der Waals surface area contributed by atoms with Crippen LogP contribution in [0, 0.1) is 18.3 Å². The Morgan fingerprint density at radius 3 is 2.53 bits per heavy atom. The van der Waals surface area contributed by atoms with Gasteiger partial charge in [0.1, 0.15) is 0 Å². The number of aliphatic carboxylic acids is 1. The minimum atomic E-state index is -0.910. The van der Waals surface area contributed by atoms with Crippen LogP contribution in [0.1, 0.15) is 31.4 Å². The lowest BCUT2D eigenvalue weighted by Crippen LogP contribution is -2.42. The van der Waals surface area contributed by atoms with Gasteiger partial charge in [0, 0.05) is 12.2 Å². The molecule has 0 saturated carbocycles. The smallest absolute Gasteiger partial charge is 0.311 e. The van der Waals surface area contributed by atoms with E-state index in [1.54, 1.807) is 0 Å². The van der Waals surface area contributed by atoms with Gasteiger partial charge in [-0.3, -0.25) is 4.79 Å². The number of anilines is 1. The normalized spacial score (nSPS) is 14.4. The highest BCUT2D eigenvalue weighted by atomic mass is 16.4. The van der Waals surface area contributed by atoms with Crippen LogP contribution in [-0.2, 0) is 11.2 Å². The monoisotopic (exact) mass is 264 g/mol. The fourth-order valence-corrected chi connectivity index (χ4v) is 2.52. The topological polar surface area (TPSA) is 89.3 Å². The molecule has 1 aromatic rings. The maximum Gasteiger partial charge on any atom is 0.311 e. The summed E-state index contributed by atoms with van der Waals surface area (Å²) in [5, 5.41) is 9.58. The molecule has 1 aromatic carbocycles. The number of carboxylic acids is 1. The van der Waals surface area contributed by atoms with Crippen molar-refractivity contribution >= 4 is 11.7 Å². The SMILES string of the molecule is Cc1c(N)cccc1CC(CN)(CC(C)C)C(=O)O. The number of rotatable bonds is 6. The summed E-state index contributed by atoms with van der Waals surface area (Å²) in [5.41, 5.74) is 13.4. The standard InChI is InChI=1S/C15H24N2O2/c1-10(2)7-15(9-16,14(18)19)8-12-5-4-6-13(17)11(12)3/h4-6,10H,7-9,16-17H2,1-3H3,(H,18,19). The second-order valence-electron chi connectivity index (χ2n) is 5.70. The molecule has 0 amide bonds. The van der Waals surface area contributed by atoms with Crippen molar-refractivity contribution in [3.8, 4) is 0 Å². The first kappa shape index (κ1) is 15.5. The molecule has 5 N–H and O–H groups in total. The van der Waals surface area contributed by atoms with Crippen LogP contribution in [0.4, 0.5) is 5.69 Å². The molecular formula is C15H24N2O2. The zero-order valence-electron chi connectivity index (χ0n) is 11.9. The fourth-order valence-electron chi connectivity index (χ4n) is 2.52. The molecule has 0 saturated heterocycles. The summed E-state index contributed by atoms with van der Waals surface area (Å²) >= 11 is 0. The van der Waals surface area contributed by atoms with E-state index < -0.39 is 11.4 Å². The van der Waals surface area contributed by atoms with Crippen molar-refractivity contribution in [2.45, 2.75) is 33.6 Å². The van der Waals surface area contributed by atoms with Gasteiger partial charge in [-0.15, -0.1) is 0 Å². The first-order valence-electron chi connectivity index (χ1n) is 6.60. The molecule has 0 fully saturated rings. The van der Waals surface area contributed by atoms with E-state index in [-0.39, 0.29) is 12.5 Å². The lowest BCUT2D eigenvalue weighted by Gasteiger charge is -2.30. The Morgan fingerprint density at radius 2 is 2.05 bits per heavy atom. The number of hydrogen-bond donors (Lipinski definition) is 3. The zero-order chi connectivity index (χ0) is 14.6. The molecule has 4 heteroatoms. The molecular weight excluding hydrogens is 240 g/mol. The molecule has 1 rings (SSSR count). The molecule has 0 spiro atoms. The molecule has 1 unspecified atom stereocenters. The van der Waals surface area contributed by atoms with E-state index in [1.807, 2.05) is 39.0 Å². The number of nitrogens with two attached hydrogens (primary N) is 2. The molecule has 0 aromatic heterocycles. The highest BCUT2D eigenvalue weighted by Crippen LogP contribution is 2.32. The molecule has 0 radical (unpaired) electrons. The number of hydrogen-bond acceptors (Lipinski definition) is 3. The second kappa shape index (κ2) is 6.06. The van der Waals surface area contributed by atoms with Crippen LogP contribution in [0.2, 0.25) is 0 Å². The van der Waals surface area contributed by atoms with Gasteiger partial charge in [0.25, 0.3) is 0 Å². The highest BCUT2D eigenvalue weighted by Gasteiger charge is 2.38. The van der Waals surface area contributed by atoms with Crippen molar-refractivity contribution in [3.63, 3.8) is 0 Å². The fraction of sp³-hybridized carbons (Fsp3) is 0.533. The Balaban J connectivity index is 3.13. The van der Waals surface area contributed by atoms with E-state index in [0.717, 1.165) is 11.1 Å². The summed E-state index contributed by atoms with van der Waals surface area (Å²) in [6, 6.07) is 5.61. The average Bonchev–Trinajstić information content (AvgIpc) is 2.33. The Bertz CT molecular complexity index is 457. The van der Waals surface area contributed by atoms with Gasteiger partial charge in [-0.2, -0.15) is 0 Å². The molecule has 19 heavy (non-hydrogen) atoms. The van der Waals surface area contributed by atoms with Crippen LogP contribution in [0.3, 0.4) is 0 Å². The van der Waals surface area contributed by atoms with E-state index in [4.69, 9.17) is 11.5 Å². The van der Waals surface area contributed by atoms with Gasteiger partial charge in [-0.25, -0.2) is 0 Å². The molecule has 0 aliphatic heterocycles. The van der Waals surface area contributed by atoms with E-state index in [0.29, 0.717) is 18.5 Å². The third-order valence-corrected chi connectivity index (χ3v) is 3.66. The van der Waals surface area contributed by atoms with Crippen molar-refractivity contribution in [2.24, 2.45) is 17.1 Å². The third kappa shape index (κ3) is 3.47. The van der Waals surface area contributed by atoms with Crippen LogP contribution < -0.4 is 11.5 Å². The summed E-state index contributed by atoms with van der Waals surface area (Å²) in [6.07, 6.45) is 0.987. The molecule has 1 atom stereocenters. The molecule has 0 aliphatic carbocycles. The summed E-state index contributed by atoms with van der Waals surface area (Å²) in [5.74, 6) is -0.550. The van der Waals surface area contributed by atoms with Crippen LogP contribution in [-0.4, -0.2) is 17.6 Å². The number of benzene rings is 1. The van der Waals surface area contributed by atoms with Crippen LogP contribution in [0.5, 0.6) is 0 Å². The second-order valence-corrected chi connectivity index (χ2v) is 5.70. The summed E-state index contributed by atoms with van der Waals surface area (Å²) in [6.45, 7) is 6.08. The lowest BCUT2D eigenvalue weighted by atomic mass is 9.74. The average molecular weight is 264 g/mol. The lowest BCUT2D eigenvalue weighted by molar-refractivity contribution is -0.149. The van der Waals surface area contributed by atoms with Gasteiger partial charge < -0.3 is 16.6 Å². The van der Waals surface area contributed by atoms with Gasteiger partial charge in [0.05, 0.1) is 5.41 Å². The van der Waals surface area contributed by atoms with Crippen molar-refractivity contribution < 1.29 is 9.90 Å². The van der Waals surface area contributed by atoms with Crippen LogP contribution >= 0.6 is 0 Å². The van der Waals surface area contributed by atoms with E-state index in [2.05, 4.69) is 0 Å². The number of carboxylic acid groups (broad SMARTS) is 1. The maximum absolute atomic E-state index is 11.7. The molecule has 106 valence electrons. The van der Waals surface area contributed by atoms with E-state index >= 15 is 0 Å². The van der Waals surface area contributed by atoms with Gasteiger partial charge >= 0.3 is 5.97 Å². The summed E-state index contributed by atoms with van der Waals surface area (Å²) < 4.78 is 0. The molecule has 4 nitrogen and oxygen atoms in total. The van der Waals surface area contributed by atoms with Crippen molar-refractivity contribution in [2.75, 3.05) is 12.3 Å². The Kier molecular flexibility index (Phi) is 4.95. The number of nitrogen functional groups attached to an aromatic ring is 1. The van der Waals surface area contributed by atoms with Crippen molar-refractivity contribution in [1.29, 1.82) is 0 Å². The van der Waals surface area contributed by atoms with E-state index in [1.165, 1.54) is 0 Å². The van der Waals surface area contributed by atoms with Gasteiger partial charge in [0.2, 0.25) is 0 Å². The van der Waals surface area contributed by atoms with Gasteiger partial charge in [-0.05, 0) is 42.9 Å². The quantitative estimate of drug-likeness (QED) is 0.687. The summed E-state index contributed by atoms with van der Waals surface area (Å²) in [7, 11) is 0. The maximum atomic E-state index is 11.7. The van der Waals surface area contributed by atoms with E-state index in [9.17, 15) is 9.90 Å². The third-order valence-electron chi connectivity index (χ3n) is 3.66. The first-order valence-corrected chi connectivity index (χ1v) is 6.60. The van der Waals surface area contributed by atoms with Gasteiger partial charge in [0.15, 0.2) is 0 Å². The minimum Gasteiger partial charge on any atom is -0.481 e. The predicted octanol–water partition coefficient (Wildman–Crippen LogP) is 2.20. The van der Waals surface area contributed by atoms with Crippen molar-refractivity contribution in [1.82, 2.24) is 0 Å². The Morgan fingerprint density at radius 1 is 1.42 bits per heavy atom. The molecule has 0 bridgehead atoms. The molecule has 0 heterocycles. The number of carbonyl (C=O) groups is 1. The predicted molar refractivity (Wildman–Crippen MR) is 77.9 cm³/mol. The first-order chi connectivity index (χ1) is 8.82. The van der Waals surface area contributed by atoms with Crippen LogP contribution in [0.25, 0.3) is 0 Å². The van der Waals surface area contributed by atoms with Crippen LogP contribution in [0.15, 0.2) is 18.2 Å². The van der Waals surface area contributed by atoms with Crippen molar-refractivity contribution in [3.05, 3.63) is 29.3 Å². The highest BCUT2D eigenvalue weighted by molar-refractivity contribution is 5.75.